The fourth-order valence-corrected chi connectivity index (χ4v) is 4.82. The molecule has 1 atom stereocenters. The van der Waals surface area contributed by atoms with Crippen molar-refractivity contribution < 1.29 is 24.2 Å². The Hall–Kier alpha value is -2.99. The van der Waals surface area contributed by atoms with Crippen molar-refractivity contribution in [3.05, 3.63) is 64.2 Å². The standard InChI is InChI=1S/C25H26ClNO5/c1-31-18-12-13-19(20(14-18)32-2)23(28)21-22(15-8-10-16(26)11-9-15)27(25(30)24(21)29)17-6-4-3-5-7-17/h8-14,17,22,28H,3-7H2,1-2H3/b23-21-. The van der Waals surface area contributed by atoms with Crippen molar-refractivity contribution in [2.75, 3.05) is 14.2 Å². The number of likely N-dealkylation sites (tertiary alicyclic amines) is 1. The van der Waals surface area contributed by atoms with Crippen LogP contribution < -0.4 is 9.47 Å². The summed E-state index contributed by atoms with van der Waals surface area (Å²) in [5, 5.41) is 11.9. The van der Waals surface area contributed by atoms with Gasteiger partial charge in [0.05, 0.1) is 31.4 Å². The normalized spacial score (nSPS) is 21.1. The van der Waals surface area contributed by atoms with Gasteiger partial charge in [-0.05, 0) is 42.7 Å². The van der Waals surface area contributed by atoms with Gasteiger partial charge in [-0.2, -0.15) is 0 Å². The number of benzene rings is 2. The maximum atomic E-state index is 13.2. The lowest BCUT2D eigenvalue weighted by Gasteiger charge is -2.35. The summed E-state index contributed by atoms with van der Waals surface area (Å²) in [6, 6.07) is 11.2. The van der Waals surface area contributed by atoms with Gasteiger partial charge in [0.1, 0.15) is 17.3 Å². The minimum atomic E-state index is -0.692. The lowest BCUT2D eigenvalue weighted by Crippen LogP contribution is -2.40. The maximum Gasteiger partial charge on any atom is 0.295 e. The molecule has 2 aliphatic rings. The highest BCUT2D eigenvalue weighted by molar-refractivity contribution is 6.46. The van der Waals surface area contributed by atoms with Crippen LogP contribution >= 0.6 is 11.6 Å². The van der Waals surface area contributed by atoms with E-state index in [0.29, 0.717) is 22.1 Å². The highest BCUT2D eigenvalue weighted by Gasteiger charge is 2.49. The van der Waals surface area contributed by atoms with Gasteiger partial charge < -0.3 is 19.5 Å². The Balaban J connectivity index is 1.89. The Bertz CT molecular complexity index is 1060. The van der Waals surface area contributed by atoms with E-state index in [0.717, 1.165) is 37.7 Å². The number of carbonyl (C=O) groups is 2. The molecular formula is C25H26ClNO5. The number of rotatable bonds is 5. The number of ether oxygens (including phenoxy) is 2. The molecule has 1 amide bonds. The van der Waals surface area contributed by atoms with Crippen molar-refractivity contribution >= 4 is 29.1 Å². The quantitative estimate of drug-likeness (QED) is 0.385. The average molecular weight is 456 g/mol. The van der Waals surface area contributed by atoms with Crippen LogP contribution in [0.25, 0.3) is 5.76 Å². The summed E-state index contributed by atoms with van der Waals surface area (Å²) in [5.41, 5.74) is 1.12. The van der Waals surface area contributed by atoms with Crippen molar-refractivity contribution in [1.82, 2.24) is 4.90 Å². The second-order valence-electron chi connectivity index (χ2n) is 8.12. The molecule has 1 heterocycles. The fraction of sp³-hybridized carbons (Fsp3) is 0.360. The second kappa shape index (κ2) is 9.25. The zero-order valence-electron chi connectivity index (χ0n) is 18.1. The molecule has 1 saturated heterocycles. The first-order valence-corrected chi connectivity index (χ1v) is 11.1. The number of hydrogen-bond acceptors (Lipinski definition) is 5. The van der Waals surface area contributed by atoms with Crippen molar-refractivity contribution in [2.45, 2.75) is 44.2 Å². The average Bonchev–Trinajstić information content (AvgIpc) is 3.09. The molecule has 2 aromatic rings. The topological polar surface area (TPSA) is 76.1 Å². The molecular weight excluding hydrogens is 430 g/mol. The van der Waals surface area contributed by atoms with Crippen LogP contribution in [0.1, 0.15) is 49.3 Å². The number of Topliss-reactive ketones (excluding diaryl/α,β-unsaturated/α-hetero) is 1. The molecule has 1 aliphatic carbocycles. The van der Waals surface area contributed by atoms with E-state index in [4.69, 9.17) is 21.1 Å². The summed E-state index contributed by atoms with van der Waals surface area (Å²) < 4.78 is 10.7. The molecule has 7 heteroatoms. The van der Waals surface area contributed by atoms with Crippen LogP contribution in [0.2, 0.25) is 5.02 Å². The SMILES string of the molecule is COc1ccc(/C(O)=C2/C(=O)C(=O)N(C3CCCCC3)C2c2ccc(Cl)cc2)c(OC)c1. The van der Waals surface area contributed by atoms with E-state index in [-0.39, 0.29) is 17.4 Å². The maximum absolute atomic E-state index is 13.2. The summed E-state index contributed by atoms with van der Waals surface area (Å²) >= 11 is 6.09. The van der Waals surface area contributed by atoms with Crippen molar-refractivity contribution in [3.63, 3.8) is 0 Å². The lowest BCUT2D eigenvalue weighted by atomic mass is 9.91. The summed E-state index contributed by atoms with van der Waals surface area (Å²) in [7, 11) is 3.01. The lowest BCUT2D eigenvalue weighted by molar-refractivity contribution is -0.141. The van der Waals surface area contributed by atoms with Crippen LogP contribution in [0.3, 0.4) is 0 Å². The monoisotopic (exact) mass is 455 g/mol. The molecule has 6 nitrogen and oxygen atoms in total. The van der Waals surface area contributed by atoms with Crippen LogP contribution in [-0.4, -0.2) is 42.0 Å². The molecule has 168 valence electrons. The Morgan fingerprint density at radius 1 is 1.00 bits per heavy atom. The molecule has 1 aliphatic heterocycles. The van der Waals surface area contributed by atoms with E-state index in [1.54, 1.807) is 47.4 Å². The number of carbonyl (C=O) groups excluding carboxylic acids is 2. The minimum Gasteiger partial charge on any atom is -0.507 e. The predicted octanol–water partition coefficient (Wildman–Crippen LogP) is 5.11. The van der Waals surface area contributed by atoms with Crippen LogP contribution in [0, 0.1) is 0 Å². The Kier molecular flexibility index (Phi) is 6.42. The smallest absolute Gasteiger partial charge is 0.295 e. The van der Waals surface area contributed by atoms with Gasteiger partial charge in [0.2, 0.25) is 0 Å². The van der Waals surface area contributed by atoms with Gasteiger partial charge in [-0.25, -0.2) is 0 Å². The molecule has 1 saturated carbocycles. The highest BCUT2D eigenvalue weighted by Crippen LogP contribution is 2.44. The Morgan fingerprint density at radius 2 is 1.69 bits per heavy atom. The van der Waals surface area contributed by atoms with Crippen LogP contribution in [0.15, 0.2) is 48.0 Å². The zero-order valence-corrected chi connectivity index (χ0v) is 18.9. The third kappa shape index (κ3) is 3.95. The molecule has 0 spiro atoms. The second-order valence-corrected chi connectivity index (χ2v) is 8.55. The molecule has 2 aromatic carbocycles. The van der Waals surface area contributed by atoms with Gasteiger partial charge in [-0.3, -0.25) is 9.59 Å². The van der Waals surface area contributed by atoms with Crippen molar-refractivity contribution in [1.29, 1.82) is 0 Å². The van der Waals surface area contributed by atoms with E-state index < -0.39 is 17.7 Å². The van der Waals surface area contributed by atoms with E-state index in [1.165, 1.54) is 14.2 Å². The van der Waals surface area contributed by atoms with E-state index in [2.05, 4.69) is 0 Å². The predicted molar refractivity (Wildman–Crippen MR) is 122 cm³/mol. The number of ketones is 1. The van der Waals surface area contributed by atoms with Crippen molar-refractivity contribution in [3.8, 4) is 11.5 Å². The molecule has 0 aromatic heterocycles. The van der Waals surface area contributed by atoms with E-state index >= 15 is 0 Å². The summed E-state index contributed by atoms with van der Waals surface area (Å²) in [5.74, 6) is -0.631. The van der Waals surface area contributed by atoms with Gasteiger partial charge in [-0.15, -0.1) is 0 Å². The summed E-state index contributed by atoms with van der Waals surface area (Å²) in [6.45, 7) is 0. The number of aliphatic hydroxyl groups is 1. The van der Waals surface area contributed by atoms with Crippen LogP contribution in [0.4, 0.5) is 0 Å². The first-order valence-electron chi connectivity index (χ1n) is 10.7. The molecule has 32 heavy (non-hydrogen) atoms. The summed E-state index contributed by atoms with van der Waals surface area (Å²) in [6.07, 6.45) is 4.81. The van der Waals surface area contributed by atoms with Crippen LogP contribution in [-0.2, 0) is 9.59 Å². The number of methoxy groups -OCH3 is 2. The zero-order chi connectivity index (χ0) is 22.8. The van der Waals surface area contributed by atoms with Gasteiger partial charge >= 0.3 is 0 Å². The number of aliphatic hydroxyl groups excluding tert-OH is 1. The van der Waals surface area contributed by atoms with Gasteiger partial charge in [-0.1, -0.05) is 43.0 Å². The van der Waals surface area contributed by atoms with Gasteiger partial charge in [0.25, 0.3) is 11.7 Å². The minimum absolute atomic E-state index is 0.0519. The highest BCUT2D eigenvalue weighted by atomic mass is 35.5. The Labute approximate surface area is 192 Å². The number of hydrogen-bond donors (Lipinski definition) is 1. The van der Waals surface area contributed by atoms with Gasteiger partial charge in [0, 0.05) is 17.1 Å². The Morgan fingerprint density at radius 3 is 2.31 bits per heavy atom. The molecule has 0 radical (unpaired) electrons. The largest absolute Gasteiger partial charge is 0.507 e. The third-order valence-corrected chi connectivity index (χ3v) is 6.55. The number of nitrogens with zero attached hydrogens (tertiary/aromatic N) is 1. The molecule has 1 unspecified atom stereocenters. The first-order chi connectivity index (χ1) is 15.5. The fourth-order valence-electron chi connectivity index (χ4n) is 4.70. The molecule has 1 N–H and O–H groups in total. The van der Waals surface area contributed by atoms with Gasteiger partial charge in [0.15, 0.2) is 0 Å². The molecule has 0 bridgehead atoms. The van der Waals surface area contributed by atoms with E-state index in [1.807, 2.05) is 0 Å². The number of halogens is 1. The molecule has 4 rings (SSSR count). The third-order valence-electron chi connectivity index (χ3n) is 6.30. The number of amides is 1. The first kappa shape index (κ1) is 22.2. The van der Waals surface area contributed by atoms with Crippen molar-refractivity contribution in [2.24, 2.45) is 0 Å². The van der Waals surface area contributed by atoms with Crippen LogP contribution in [0.5, 0.6) is 11.5 Å². The van der Waals surface area contributed by atoms with E-state index in [9.17, 15) is 14.7 Å². The summed E-state index contributed by atoms with van der Waals surface area (Å²) in [4.78, 5) is 28.1. The molecule has 2 fully saturated rings.